The molecule has 0 spiro atoms. The minimum atomic E-state index is 0.0940. The second-order valence-electron chi connectivity index (χ2n) is 5.14. The van der Waals surface area contributed by atoms with E-state index < -0.39 is 0 Å². The summed E-state index contributed by atoms with van der Waals surface area (Å²) in [5.41, 5.74) is 0.974. The highest BCUT2D eigenvalue weighted by molar-refractivity contribution is 6.30. The molecule has 1 fully saturated rings. The minimum Gasteiger partial charge on any atom is -0.472 e. The Morgan fingerprint density at radius 3 is 2.95 bits per heavy atom. The van der Waals surface area contributed by atoms with Crippen molar-refractivity contribution in [2.24, 2.45) is 0 Å². The number of piperidine rings is 1. The fourth-order valence-corrected chi connectivity index (χ4v) is 2.52. The van der Waals surface area contributed by atoms with E-state index in [0.29, 0.717) is 10.9 Å². The molecule has 3 heterocycles. The maximum absolute atomic E-state index is 5.93. The van der Waals surface area contributed by atoms with E-state index in [1.54, 1.807) is 24.5 Å². The second kappa shape index (κ2) is 6.26. The summed E-state index contributed by atoms with van der Waals surface area (Å²) >= 11 is 5.83. The van der Waals surface area contributed by atoms with Crippen molar-refractivity contribution in [3.8, 4) is 5.88 Å². The van der Waals surface area contributed by atoms with Crippen LogP contribution in [0.25, 0.3) is 0 Å². The normalized spacial score (nSPS) is 18.6. The Hall–Kier alpha value is -1.88. The van der Waals surface area contributed by atoms with Gasteiger partial charge in [0.25, 0.3) is 0 Å². The van der Waals surface area contributed by atoms with E-state index in [1.807, 2.05) is 13.0 Å². The van der Waals surface area contributed by atoms with Crippen LogP contribution < -0.4 is 9.64 Å². The molecule has 1 saturated heterocycles. The maximum Gasteiger partial charge on any atom is 0.225 e. The zero-order chi connectivity index (χ0) is 14.7. The SMILES string of the molecule is Cc1ccnc(N2CCCC(Oc3ccc(Cl)cn3)C2)n1. The summed E-state index contributed by atoms with van der Waals surface area (Å²) < 4.78 is 5.93. The molecule has 0 aliphatic carbocycles. The first-order chi connectivity index (χ1) is 10.2. The van der Waals surface area contributed by atoms with Crippen molar-refractivity contribution in [3.63, 3.8) is 0 Å². The van der Waals surface area contributed by atoms with E-state index in [2.05, 4.69) is 19.9 Å². The maximum atomic E-state index is 5.93. The van der Waals surface area contributed by atoms with Gasteiger partial charge in [-0.3, -0.25) is 0 Å². The third kappa shape index (κ3) is 3.61. The van der Waals surface area contributed by atoms with Gasteiger partial charge < -0.3 is 9.64 Å². The number of aromatic nitrogens is 3. The Morgan fingerprint density at radius 1 is 1.29 bits per heavy atom. The van der Waals surface area contributed by atoms with Crippen molar-refractivity contribution in [1.82, 2.24) is 15.0 Å². The van der Waals surface area contributed by atoms with Crippen molar-refractivity contribution in [2.45, 2.75) is 25.9 Å². The lowest BCUT2D eigenvalue weighted by molar-refractivity contribution is 0.171. The van der Waals surface area contributed by atoms with Gasteiger partial charge in [0.2, 0.25) is 11.8 Å². The van der Waals surface area contributed by atoms with E-state index in [1.165, 1.54) is 0 Å². The molecule has 110 valence electrons. The van der Waals surface area contributed by atoms with Gasteiger partial charge in [0.15, 0.2) is 0 Å². The first kappa shape index (κ1) is 14.1. The summed E-state index contributed by atoms with van der Waals surface area (Å²) in [5, 5.41) is 0.612. The molecule has 1 atom stereocenters. The van der Waals surface area contributed by atoms with Gasteiger partial charge in [-0.05, 0) is 31.9 Å². The molecule has 1 aliphatic rings. The lowest BCUT2D eigenvalue weighted by Crippen LogP contribution is -2.42. The molecule has 2 aromatic heterocycles. The van der Waals surface area contributed by atoms with E-state index in [4.69, 9.17) is 16.3 Å². The molecule has 2 aromatic rings. The predicted molar refractivity (Wildman–Crippen MR) is 81.9 cm³/mol. The van der Waals surface area contributed by atoms with Crippen LogP contribution in [0.1, 0.15) is 18.5 Å². The quantitative estimate of drug-likeness (QED) is 0.872. The van der Waals surface area contributed by atoms with Crippen molar-refractivity contribution in [2.75, 3.05) is 18.0 Å². The molecule has 0 bridgehead atoms. The van der Waals surface area contributed by atoms with Crippen LogP contribution in [0.15, 0.2) is 30.6 Å². The molecule has 3 rings (SSSR count). The highest BCUT2D eigenvalue weighted by Gasteiger charge is 2.23. The van der Waals surface area contributed by atoms with Crippen LogP contribution in [0.4, 0.5) is 5.95 Å². The number of pyridine rings is 1. The summed E-state index contributed by atoms with van der Waals surface area (Å²) in [5.74, 6) is 1.38. The van der Waals surface area contributed by atoms with E-state index in [-0.39, 0.29) is 6.10 Å². The standard InChI is InChI=1S/C15H17ClN4O/c1-11-6-7-17-15(19-11)20-8-2-3-13(10-20)21-14-5-4-12(16)9-18-14/h4-7,9,13H,2-3,8,10H2,1H3. The third-order valence-electron chi connectivity index (χ3n) is 3.43. The van der Waals surface area contributed by atoms with E-state index in [0.717, 1.165) is 37.6 Å². The van der Waals surface area contributed by atoms with Gasteiger partial charge in [-0.25, -0.2) is 15.0 Å². The smallest absolute Gasteiger partial charge is 0.225 e. The highest BCUT2D eigenvalue weighted by atomic mass is 35.5. The van der Waals surface area contributed by atoms with Crippen LogP contribution in [0, 0.1) is 6.92 Å². The highest BCUT2D eigenvalue weighted by Crippen LogP contribution is 2.20. The van der Waals surface area contributed by atoms with E-state index >= 15 is 0 Å². The van der Waals surface area contributed by atoms with Crippen molar-refractivity contribution < 1.29 is 4.74 Å². The summed E-state index contributed by atoms with van der Waals surface area (Å²) in [6, 6.07) is 5.48. The topological polar surface area (TPSA) is 51.1 Å². The second-order valence-corrected chi connectivity index (χ2v) is 5.58. The van der Waals surface area contributed by atoms with Crippen LogP contribution in [0.2, 0.25) is 5.02 Å². The van der Waals surface area contributed by atoms with Crippen molar-refractivity contribution in [3.05, 3.63) is 41.3 Å². The van der Waals surface area contributed by atoms with Crippen LogP contribution in [0.5, 0.6) is 5.88 Å². The van der Waals surface area contributed by atoms with Gasteiger partial charge in [0.1, 0.15) is 6.10 Å². The molecule has 0 radical (unpaired) electrons. The van der Waals surface area contributed by atoms with Gasteiger partial charge in [-0.15, -0.1) is 0 Å². The summed E-state index contributed by atoms with van der Waals surface area (Å²) in [6.07, 6.45) is 5.54. The Bertz CT molecular complexity index is 605. The molecular weight excluding hydrogens is 288 g/mol. The Morgan fingerprint density at radius 2 is 2.19 bits per heavy atom. The van der Waals surface area contributed by atoms with Crippen LogP contribution >= 0.6 is 11.6 Å². The van der Waals surface area contributed by atoms with Gasteiger partial charge in [-0.1, -0.05) is 11.6 Å². The number of anilines is 1. The minimum absolute atomic E-state index is 0.0940. The van der Waals surface area contributed by atoms with Crippen LogP contribution in [-0.2, 0) is 0 Å². The first-order valence-corrected chi connectivity index (χ1v) is 7.41. The number of hydrogen-bond donors (Lipinski definition) is 0. The molecule has 1 unspecified atom stereocenters. The first-order valence-electron chi connectivity index (χ1n) is 7.03. The molecule has 0 N–H and O–H groups in total. The average molecular weight is 305 g/mol. The number of nitrogens with zero attached hydrogens (tertiary/aromatic N) is 4. The number of aryl methyl sites for hydroxylation is 1. The Kier molecular flexibility index (Phi) is 4.20. The number of hydrogen-bond acceptors (Lipinski definition) is 5. The monoisotopic (exact) mass is 304 g/mol. The zero-order valence-corrected chi connectivity index (χ0v) is 12.6. The lowest BCUT2D eigenvalue weighted by Gasteiger charge is -2.32. The number of rotatable bonds is 3. The fraction of sp³-hybridized carbons (Fsp3) is 0.400. The number of halogens is 1. The van der Waals surface area contributed by atoms with E-state index in [9.17, 15) is 0 Å². The average Bonchev–Trinajstić information content (AvgIpc) is 2.50. The van der Waals surface area contributed by atoms with Crippen molar-refractivity contribution >= 4 is 17.5 Å². The fourth-order valence-electron chi connectivity index (χ4n) is 2.41. The van der Waals surface area contributed by atoms with Crippen LogP contribution in [0.3, 0.4) is 0 Å². The lowest BCUT2D eigenvalue weighted by atomic mass is 10.1. The van der Waals surface area contributed by atoms with Gasteiger partial charge >= 0.3 is 0 Å². The molecule has 5 nitrogen and oxygen atoms in total. The molecule has 1 aliphatic heterocycles. The van der Waals surface area contributed by atoms with Gasteiger partial charge in [-0.2, -0.15) is 0 Å². The summed E-state index contributed by atoms with van der Waals surface area (Å²) in [4.78, 5) is 15.2. The van der Waals surface area contributed by atoms with Crippen molar-refractivity contribution in [1.29, 1.82) is 0 Å². The van der Waals surface area contributed by atoms with Gasteiger partial charge in [0, 0.05) is 30.7 Å². The molecular formula is C15H17ClN4O. The molecule has 0 saturated carbocycles. The summed E-state index contributed by atoms with van der Waals surface area (Å²) in [6.45, 7) is 3.70. The largest absolute Gasteiger partial charge is 0.472 e. The van der Waals surface area contributed by atoms with Crippen LogP contribution in [-0.4, -0.2) is 34.1 Å². The Balaban J connectivity index is 1.67. The Labute approximate surface area is 129 Å². The molecule has 6 heteroatoms. The molecule has 21 heavy (non-hydrogen) atoms. The number of ether oxygens (including phenoxy) is 1. The molecule has 0 aromatic carbocycles. The third-order valence-corrected chi connectivity index (χ3v) is 3.65. The molecule has 0 amide bonds. The van der Waals surface area contributed by atoms with Gasteiger partial charge in [0.05, 0.1) is 11.6 Å². The zero-order valence-electron chi connectivity index (χ0n) is 11.9. The predicted octanol–water partition coefficient (Wildman–Crippen LogP) is 2.88. The summed E-state index contributed by atoms with van der Waals surface area (Å²) in [7, 11) is 0.